The van der Waals surface area contributed by atoms with Crippen LogP contribution in [0.5, 0.6) is 0 Å². The van der Waals surface area contributed by atoms with Crippen molar-refractivity contribution in [2.24, 2.45) is 23.2 Å². The Hall–Kier alpha value is -2.28. The van der Waals surface area contributed by atoms with Crippen molar-refractivity contribution in [3.63, 3.8) is 0 Å². The van der Waals surface area contributed by atoms with Gasteiger partial charge in [-0.25, -0.2) is 0 Å². The molecule has 2 heterocycles. The number of methoxy groups -OCH3 is 3. The van der Waals surface area contributed by atoms with Crippen LogP contribution < -0.4 is 0 Å². The Morgan fingerprint density at radius 1 is 0.925 bits per heavy atom. The van der Waals surface area contributed by atoms with Crippen LogP contribution in [0.1, 0.15) is 81.1 Å². The number of carbonyl (C=O) groups excluding carboxylic acids is 3. The minimum atomic E-state index is -1.58. The van der Waals surface area contributed by atoms with Crippen LogP contribution in [0.2, 0.25) is 0 Å². The quantitative estimate of drug-likeness (QED) is 0.0983. The van der Waals surface area contributed by atoms with E-state index in [1.807, 2.05) is 32.8 Å². The molecule has 2 rings (SSSR count). The molecule has 0 saturated carbocycles. The maximum absolute atomic E-state index is 12.7. The normalized spacial score (nSPS) is 30.9. The van der Waals surface area contributed by atoms with Gasteiger partial charge in [-0.05, 0) is 51.6 Å². The smallest absolute Gasteiger partial charge is 0.306 e. The van der Waals surface area contributed by atoms with Crippen LogP contribution in [0, 0.1) is 23.2 Å². The molecule has 0 aromatic rings. The van der Waals surface area contributed by atoms with Crippen LogP contribution in [-0.4, -0.2) is 148 Å². The van der Waals surface area contributed by atoms with Gasteiger partial charge < -0.3 is 57.7 Å². The van der Waals surface area contributed by atoms with Crippen molar-refractivity contribution < 1.29 is 72.0 Å². The number of nitrogens with zero attached hydrogens (tertiary/aromatic N) is 1. The van der Waals surface area contributed by atoms with Gasteiger partial charge in [0, 0.05) is 53.9 Å². The molecule has 2 N–H and O–H groups in total. The minimum Gasteiger partial charge on any atom is -0.481 e. The molecule has 0 spiro atoms. The minimum absolute atomic E-state index is 0.0762. The Bertz CT molecular complexity index is 1170. The standard InChI is InChI=1S/C37H65NO15/c1-19(27(18-39)50-23(5)40)14-25(15-29(45-11)46-12)33(34(47-13)26(42)16-28(43)44)53-36-35(51-24(6)41)31(38(9)10)32(22(4)49-36)52-30-17-37(7,8)20(2)21(3)48-30/h18-22,25-27,29-36,42H,14-17H2,1-13H3,(H,43,44)/t19-,20?,21-,22+,25-,26-,27+,30+,31?,32?,33+,34+,35?,36+/m1/s1. The first-order valence-corrected chi connectivity index (χ1v) is 18.3. The third-order valence-electron chi connectivity index (χ3n) is 10.8. The number of hydrogen-bond acceptors (Lipinski definition) is 15. The van der Waals surface area contributed by atoms with Gasteiger partial charge in [0.2, 0.25) is 0 Å². The molecule has 2 saturated heterocycles. The monoisotopic (exact) mass is 763 g/mol. The summed E-state index contributed by atoms with van der Waals surface area (Å²) < 4.78 is 54.3. The van der Waals surface area contributed by atoms with Crippen molar-refractivity contribution in [1.82, 2.24) is 4.90 Å². The first-order valence-electron chi connectivity index (χ1n) is 18.3. The number of ether oxygens (including phenoxy) is 9. The lowest BCUT2D eigenvalue weighted by atomic mass is 9.73. The number of hydrogen-bond donors (Lipinski definition) is 2. The van der Waals surface area contributed by atoms with Gasteiger partial charge in [0.15, 0.2) is 37.4 Å². The zero-order valence-corrected chi connectivity index (χ0v) is 33.7. The Kier molecular flexibility index (Phi) is 18.7. The summed E-state index contributed by atoms with van der Waals surface area (Å²) in [4.78, 5) is 50.3. The molecule has 0 radical (unpaired) electrons. The Balaban J connectivity index is 2.67. The number of carboxylic acid groups (broad SMARTS) is 1. The number of aliphatic hydroxyl groups excluding tert-OH is 1. The maximum atomic E-state index is 12.7. The molecule has 16 heteroatoms. The van der Waals surface area contributed by atoms with E-state index in [9.17, 15) is 29.4 Å². The van der Waals surface area contributed by atoms with Gasteiger partial charge in [0.1, 0.15) is 12.2 Å². The van der Waals surface area contributed by atoms with Crippen molar-refractivity contribution >= 4 is 24.2 Å². The number of aliphatic carboxylic acids is 1. The summed E-state index contributed by atoms with van der Waals surface area (Å²) in [6, 6.07) is -0.633. The molecule has 0 aromatic heterocycles. The molecule has 0 aromatic carbocycles. The number of rotatable bonds is 21. The van der Waals surface area contributed by atoms with E-state index in [1.165, 1.54) is 35.2 Å². The van der Waals surface area contributed by atoms with E-state index in [1.54, 1.807) is 6.92 Å². The second-order valence-corrected chi connectivity index (χ2v) is 15.4. The van der Waals surface area contributed by atoms with E-state index in [2.05, 4.69) is 20.8 Å². The zero-order valence-electron chi connectivity index (χ0n) is 33.7. The highest BCUT2D eigenvalue weighted by Gasteiger charge is 2.53. The van der Waals surface area contributed by atoms with Gasteiger partial charge in [-0.15, -0.1) is 0 Å². The Morgan fingerprint density at radius 3 is 2.02 bits per heavy atom. The van der Waals surface area contributed by atoms with Gasteiger partial charge in [-0.1, -0.05) is 27.7 Å². The van der Waals surface area contributed by atoms with Gasteiger partial charge in [0.05, 0.1) is 36.9 Å². The summed E-state index contributed by atoms with van der Waals surface area (Å²) in [5.74, 6) is -3.58. The number of carbonyl (C=O) groups is 4. The summed E-state index contributed by atoms with van der Waals surface area (Å²) in [6.45, 7) is 14.5. The summed E-state index contributed by atoms with van der Waals surface area (Å²) >= 11 is 0. The fourth-order valence-electron chi connectivity index (χ4n) is 7.51. The molecule has 53 heavy (non-hydrogen) atoms. The van der Waals surface area contributed by atoms with Crippen molar-refractivity contribution in [3.8, 4) is 0 Å². The van der Waals surface area contributed by atoms with Crippen molar-refractivity contribution in [3.05, 3.63) is 0 Å². The van der Waals surface area contributed by atoms with E-state index in [0.29, 0.717) is 12.7 Å². The summed E-state index contributed by atoms with van der Waals surface area (Å²) in [5.41, 5.74) is -0.0818. The summed E-state index contributed by atoms with van der Waals surface area (Å²) in [5, 5.41) is 20.9. The molecule has 0 amide bonds. The van der Waals surface area contributed by atoms with Gasteiger partial charge in [0.25, 0.3) is 0 Å². The van der Waals surface area contributed by atoms with E-state index in [4.69, 9.17) is 42.6 Å². The molecule has 16 nitrogen and oxygen atoms in total. The lowest BCUT2D eigenvalue weighted by Gasteiger charge is -2.51. The predicted octanol–water partition coefficient (Wildman–Crippen LogP) is 2.79. The lowest BCUT2D eigenvalue weighted by Crippen LogP contribution is -2.66. The first-order chi connectivity index (χ1) is 24.7. The van der Waals surface area contributed by atoms with Crippen LogP contribution >= 0.6 is 0 Å². The highest BCUT2D eigenvalue weighted by atomic mass is 16.7. The number of aliphatic hydroxyl groups is 1. The average Bonchev–Trinajstić information content (AvgIpc) is 3.05. The molecule has 308 valence electrons. The fraction of sp³-hybridized carbons (Fsp3) is 0.892. The third kappa shape index (κ3) is 13.2. The number of carboxylic acids is 1. The Morgan fingerprint density at radius 2 is 1.55 bits per heavy atom. The van der Waals surface area contributed by atoms with Crippen LogP contribution in [-0.2, 0) is 61.8 Å². The molecule has 2 aliphatic heterocycles. The van der Waals surface area contributed by atoms with Crippen molar-refractivity contribution in [2.75, 3.05) is 35.4 Å². The number of esters is 2. The van der Waals surface area contributed by atoms with Gasteiger partial charge in [-0.3, -0.25) is 19.2 Å². The van der Waals surface area contributed by atoms with E-state index in [-0.39, 0.29) is 30.3 Å². The van der Waals surface area contributed by atoms with Gasteiger partial charge >= 0.3 is 17.9 Å². The largest absolute Gasteiger partial charge is 0.481 e. The van der Waals surface area contributed by atoms with E-state index in [0.717, 1.165) is 0 Å². The molecule has 4 unspecified atom stereocenters. The van der Waals surface area contributed by atoms with E-state index < -0.39 is 104 Å². The zero-order chi connectivity index (χ0) is 40.4. The number of likely N-dealkylation sites (N-methyl/N-ethyl adjacent to an activating group) is 1. The third-order valence-corrected chi connectivity index (χ3v) is 10.8. The second kappa shape index (κ2) is 21.1. The molecular formula is C37H65NO15. The molecule has 2 aliphatic rings. The second-order valence-electron chi connectivity index (χ2n) is 15.4. The van der Waals surface area contributed by atoms with Crippen LogP contribution in [0.3, 0.4) is 0 Å². The molecular weight excluding hydrogens is 698 g/mol. The summed E-state index contributed by atoms with van der Waals surface area (Å²) in [7, 11) is 7.81. The van der Waals surface area contributed by atoms with Crippen LogP contribution in [0.15, 0.2) is 0 Å². The first kappa shape index (κ1) is 46.9. The molecule has 2 fully saturated rings. The van der Waals surface area contributed by atoms with Gasteiger partial charge in [-0.2, -0.15) is 0 Å². The van der Waals surface area contributed by atoms with E-state index >= 15 is 0 Å². The van der Waals surface area contributed by atoms with Crippen molar-refractivity contribution in [1.29, 1.82) is 0 Å². The van der Waals surface area contributed by atoms with Crippen molar-refractivity contribution in [2.45, 2.75) is 155 Å². The van der Waals surface area contributed by atoms with Crippen LogP contribution in [0.25, 0.3) is 0 Å². The molecule has 0 aliphatic carbocycles. The average molecular weight is 764 g/mol. The maximum Gasteiger partial charge on any atom is 0.306 e. The summed E-state index contributed by atoms with van der Waals surface area (Å²) in [6.07, 6.45) is -9.68. The molecule has 0 bridgehead atoms. The molecule has 14 atom stereocenters. The SMILES string of the molecule is COC(C[C@@H](C[C@@H](C)[C@H](C=O)OC(C)=O)[C@H](O[C@@H]1O[C@@H](C)C(O[C@H]2CC(C)(C)C(C)[C@@H](C)O2)C(N(C)C)C1OC(C)=O)[C@@H](OC)[C@H](O)CC(=O)O)OC. The Labute approximate surface area is 314 Å². The predicted molar refractivity (Wildman–Crippen MR) is 189 cm³/mol. The topological polar surface area (TPSA) is 195 Å². The highest BCUT2D eigenvalue weighted by molar-refractivity contribution is 5.70. The van der Waals surface area contributed by atoms with Crippen LogP contribution in [0.4, 0.5) is 0 Å². The number of aldehydes is 1. The lowest BCUT2D eigenvalue weighted by molar-refractivity contribution is -0.340. The highest BCUT2D eigenvalue weighted by Crippen LogP contribution is 2.43. The fourth-order valence-corrected chi connectivity index (χ4v) is 7.51.